The number of ketones is 1. The predicted molar refractivity (Wildman–Crippen MR) is 90.3 cm³/mol. The molecule has 0 aliphatic heterocycles. The van der Waals surface area contributed by atoms with Gasteiger partial charge in [-0.2, -0.15) is 0 Å². The minimum atomic E-state index is 0.143. The van der Waals surface area contributed by atoms with Gasteiger partial charge in [0.1, 0.15) is 0 Å². The second-order valence-corrected chi connectivity index (χ2v) is 8.57. The molecule has 3 fully saturated rings. The summed E-state index contributed by atoms with van der Waals surface area (Å²) in [6.07, 6.45) is 16.0. The van der Waals surface area contributed by atoms with Crippen LogP contribution < -0.4 is 0 Å². The van der Waals surface area contributed by atoms with Gasteiger partial charge in [0.15, 0.2) is 5.78 Å². The van der Waals surface area contributed by atoms with Crippen LogP contribution in [0.15, 0.2) is 36.5 Å². The molecule has 1 nitrogen and oxygen atoms in total. The fourth-order valence-electron chi connectivity index (χ4n) is 6.63. The third kappa shape index (κ3) is 1.74. The van der Waals surface area contributed by atoms with E-state index < -0.39 is 0 Å². The summed E-state index contributed by atoms with van der Waals surface area (Å²) in [6.45, 7) is 9.03. The van der Waals surface area contributed by atoms with E-state index in [9.17, 15) is 4.79 Å². The molecule has 0 aromatic heterocycles. The van der Waals surface area contributed by atoms with Crippen LogP contribution in [0.5, 0.6) is 0 Å². The van der Waals surface area contributed by atoms with Crippen molar-refractivity contribution in [1.82, 2.24) is 0 Å². The molecule has 0 bridgehead atoms. The van der Waals surface area contributed by atoms with Crippen molar-refractivity contribution in [1.29, 1.82) is 0 Å². The Hall–Kier alpha value is -1.11. The van der Waals surface area contributed by atoms with E-state index in [-0.39, 0.29) is 11.2 Å². The zero-order valence-electron chi connectivity index (χ0n) is 14.0. The molecule has 4 rings (SSSR count). The molecule has 1 heteroatoms. The summed E-state index contributed by atoms with van der Waals surface area (Å²) < 4.78 is 0. The van der Waals surface area contributed by atoms with E-state index >= 15 is 0 Å². The standard InChI is InChI=1S/C21H28O/c1-4-14-6-8-18-17-7-5-15-13-16(22)9-11-21(15,3)19(17)10-12-20(14,18)2/h4,9,11,13-14,17-19H,1,5-8,10,12H2,2-3H3/t14-,17-,18-,19-,20+,21-/m0/s1. The Labute approximate surface area is 134 Å². The first-order valence-electron chi connectivity index (χ1n) is 9.06. The third-order valence-corrected chi connectivity index (χ3v) is 7.91. The molecular weight excluding hydrogens is 268 g/mol. The van der Waals surface area contributed by atoms with Gasteiger partial charge in [-0.3, -0.25) is 4.79 Å². The molecule has 0 amide bonds. The first-order chi connectivity index (χ1) is 10.5. The average Bonchev–Trinajstić information content (AvgIpc) is 2.84. The number of allylic oxidation sites excluding steroid dienone is 5. The van der Waals surface area contributed by atoms with Gasteiger partial charge in [0.05, 0.1) is 0 Å². The van der Waals surface area contributed by atoms with Crippen LogP contribution in [0, 0.1) is 34.5 Å². The molecule has 0 unspecified atom stereocenters. The van der Waals surface area contributed by atoms with E-state index in [0.717, 1.165) is 24.2 Å². The topological polar surface area (TPSA) is 17.1 Å². The molecule has 118 valence electrons. The number of hydrogen-bond acceptors (Lipinski definition) is 1. The Kier molecular flexibility index (Phi) is 3.09. The number of fused-ring (bicyclic) bond motifs is 5. The van der Waals surface area contributed by atoms with Gasteiger partial charge in [0, 0.05) is 5.41 Å². The molecule has 0 aromatic rings. The number of carbonyl (C=O) groups is 1. The number of rotatable bonds is 1. The lowest BCUT2D eigenvalue weighted by molar-refractivity contribution is -0.111. The van der Waals surface area contributed by atoms with Crippen molar-refractivity contribution in [3.8, 4) is 0 Å². The summed E-state index contributed by atoms with van der Waals surface area (Å²) in [5, 5.41) is 0. The van der Waals surface area contributed by atoms with Crippen LogP contribution in [-0.2, 0) is 4.79 Å². The summed E-state index contributed by atoms with van der Waals surface area (Å²) in [6, 6.07) is 0. The van der Waals surface area contributed by atoms with E-state index in [1.165, 1.54) is 37.7 Å². The summed E-state index contributed by atoms with van der Waals surface area (Å²) in [5.41, 5.74) is 2.03. The van der Waals surface area contributed by atoms with Crippen LogP contribution in [0.2, 0.25) is 0 Å². The maximum atomic E-state index is 11.8. The zero-order valence-corrected chi connectivity index (χ0v) is 14.0. The highest BCUT2D eigenvalue weighted by atomic mass is 16.1. The number of hydrogen-bond donors (Lipinski definition) is 0. The van der Waals surface area contributed by atoms with Crippen molar-refractivity contribution < 1.29 is 4.79 Å². The summed E-state index contributed by atoms with van der Waals surface area (Å²) in [7, 11) is 0. The van der Waals surface area contributed by atoms with E-state index in [2.05, 4.69) is 32.6 Å². The highest BCUT2D eigenvalue weighted by molar-refractivity contribution is 6.01. The van der Waals surface area contributed by atoms with Crippen molar-refractivity contribution in [2.45, 2.75) is 52.4 Å². The molecular formula is C21H28O. The van der Waals surface area contributed by atoms with Gasteiger partial charge < -0.3 is 0 Å². The molecule has 6 atom stereocenters. The van der Waals surface area contributed by atoms with Crippen LogP contribution in [0.1, 0.15) is 52.4 Å². The van der Waals surface area contributed by atoms with Crippen LogP contribution >= 0.6 is 0 Å². The highest BCUT2D eigenvalue weighted by Gasteiger charge is 2.57. The van der Waals surface area contributed by atoms with Crippen molar-refractivity contribution in [2.75, 3.05) is 0 Å². The lowest BCUT2D eigenvalue weighted by Crippen LogP contribution is -2.49. The van der Waals surface area contributed by atoms with Gasteiger partial charge in [-0.1, -0.05) is 31.6 Å². The second-order valence-electron chi connectivity index (χ2n) is 8.57. The Balaban J connectivity index is 1.69. The number of carbonyl (C=O) groups excluding carboxylic acids is 1. The van der Waals surface area contributed by atoms with Crippen molar-refractivity contribution in [2.24, 2.45) is 34.5 Å². The van der Waals surface area contributed by atoms with Crippen LogP contribution in [0.25, 0.3) is 0 Å². The minimum Gasteiger partial charge on any atom is -0.290 e. The van der Waals surface area contributed by atoms with E-state index in [1.54, 1.807) is 0 Å². The molecule has 0 saturated heterocycles. The Morgan fingerprint density at radius 3 is 2.77 bits per heavy atom. The molecule has 0 heterocycles. The second kappa shape index (κ2) is 4.69. The molecule has 0 aromatic carbocycles. The first kappa shape index (κ1) is 14.5. The molecule has 4 aliphatic rings. The highest BCUT2D eigenvalue weighted by Crippen LogP contribution is 2.66. The normalized spacial score (nSPS) is 49.9. The van der Waals surface area contributed by atoms with Crippen molar-refractivity contribution in [3.63, 3.8) is 0 Å². The maximum Gasteiger partial charge on any atom is 0.178 e. The fourth-order valence-corrected chi connectivity index (χ4v) is 6.63. The third-order valence-electron chi connectivity index (χ3n) is 7.91. The quantitative estimate of drug-likeness (QED) is 0.615. The zero-order chi connectivity index (χ0) is 15.5. The van der Waals surface area contributed by atoms with Crippen LogP contribution in [-0.4, -0.2) is 5.78 Å². The predicted octanol–water partition coefficient (Wildman–Crippen LogP) is 5.10. The van der Waals surface area contributed by atoms with Gasteiger partial charge in [-0.05, 0) is 79.8 Å². The van der Waals surface area contributed by atoms with Gasteiger partial charge in [0.25, 0.3) is 0 Å². The molecule has 22 heavy (non-hydrogen) atoms. The smallest absolute Gasteiger partial charge is 0.178 e. The average molecular weight is 296 g/mol. The van der Waals surface area contributed by atoms with E-state index in [1.807, 2.05) is 12.2 Å². The van der Waals surface area contributed by atoms with Gasteiger partial charge in [-0.25, -0.2) is 0 Å². The maximum absolute atomic E-state index is 11.8. The minimum absolute atomic E-state index is 0.143. The lowest BCUT2D eigenvalue weighted by Gasteiger charge is -2.57. The molecule has 0 spiro atoms. The van der Waals surface area contributed by atoms with Gasteiger partial charge in [0.2, 0.25) is 0 Å². The largest absolute Gasteiger partial charge is 0.290 e. The monoisotopic (exact) mass is 296 g/mol. The first-order valence-corrected chi connectivity index (χ1v) is 9.06. The van der Waals surface area contributed by atoms with Gasteiger partial charge >= 0.3 is 0 Å². The molecule has 4 aliphatic carbocycles. The van der Waals surface area contributed by atoms with Crippen LogP contribution in [0.4, 0.5) is 0 Å². The van der Waals surface area contributed by atoms with Gasteiger partial charge in [-0.15, -0.1) is 6.58 Å². The van der Waals surface area contributed by atoms with Crippen molar-refractivity contribution >= 4 is 5.78 Å². The molecule has 0 N–H and O–H groups in total. The summed E-state index contributed by atoms with van der Waals surface area (Å²) >= 11 is 0. The van der Waals surface area contributed by atoms with E-state index in [4.69, 9.17) is 0 Å². The Bertz CT molecular complexity index is 583. The summed E-state index contributed by atoms with van der Waals surface area (Å²) in [5.74, 6) is 3.34. The SMILES string of the molecule is C=C[C@H]1CC[C@H]2[C@@H]3CCC4=CC(=O)C=C[C@]4(C)[C@H]3CC[C@]12C. The van der Waals surface area contributed by atoms with E-state index in [0.29, 0.717) is 11.3 Å². The molecule has 0 radical (unpaired) electrons. The lowest BCUT2D eigenvalue weighted by atomic mass is 9.48. The Morgan fingerprint density at radius 2 is 2.00 bits per heavy atom. The summed E-state index contributed by atoms with van der Waals surface area (Å²) in [4.78, 5) is 11.8. The van der Waals surface area contributed by atoms with Crippen LogP contribution in [0.3, 0.4) is 0 Å². The van der Waals surface area contributed by atoms with Crippen molar-refractivity contribution in [3.05, 3.63) is 36.5 Å². The fraction of sp³-hybridized carbons (Fsp3) is 0.667. The molecule has 3 saturated carbocycles. The Morgan fingerprint density at radius 1 is 1.18 bits per heavy atom.